The maximum absolute atomic E-state index is 11.7. The number of imidazole rings is 1. The minimum absolute atomic E-state index is 0.350. The van der Waals surface area contributed by atoms with Gasteiger partial charge in [-0.15, -0.1) is 0 Å². The van der Waals surface area contributed by atoms with Crippen molar-refractivity contribution in [3.8, 4) is 0 Å². The Labute approximate surface area is 59.9 Å². The van der Waals surface area contributed by atoms with Crippen LogP contribution in [0.15, 0.2) is 12.5 Å². The summed E-state index contributed by atoms with van der Waals surface area (Å²) in [7, 11) is 0. The Morgan fingerprint density at radius 2 is 2.18 bits per heavy atom. The maximum Gasteiger partial charge on any atom is 0.420 e. The molecule has 0 spiro atoms. The number of nitrogens with one attached hydrogen (secondary N) is 1. The maximum atomic E-state index is 11.7. The van der Waals surface area contributed by atoms with Gasteiger partial charge in [0.15, 0.2) is 6.10 Å². The topological polar surface area (TPSA) is 48.9 Å². The van der Waals surface area contributed by atoms with E-state index in [9.17, 15) is 13.2 Å². The molecule has 1 aromatic heterocycles. The van der Waals surface area contributed by atoms with E-state index in [4.69, 9.17) is 5.11 Å². The normalized spacial score (nSPS) is 14.9. The molecule has 11 heavy (non-hydrogen) atoms. The van der Waals surface area contributed by atoms with Gasteiger partial charge >= 0.3 is 6.18 Å². The van der Waals surface area contributed by atoms with Gasteiger partial charge in [-0.1, -0.05) is 0 Å². The third-order valence-electron chi connectivity index (χ3n) is 1.12. The van der Waals surface area contributed by atoms with Crippen LogP contribution in [0, 0.1) is 0 Å². The first kappa shape index (κ1) is 8.06. The average molecular weight is 166 g/mol. The molecule has 6 heteroatoms. The van der Waals surface area contributed by atoms with Crippen molar-refractivity contribution in [2.75, 3.05) is 0 Å². The second-order valence-electron chi connectivity index (χ2n) is 1.95. The largest absolute Gasteiger partial charge is 0.420 e. The van der Waals surface area contributed by atoms with Gasteiger partial charge in [0.25, 0.3) is 0 Å². The molecule has 0 bridgehead atoms. The molecule has 1 rings (SSSR count). The van der Waals surface area contributed by atoms with Gasteiger partial charge in [0.05, 0.1) is 18.2 Å². The number of rotatable bonds is 1. The van der Waals surface area contributed by atoms with Crippen molar-refractivity contribution in [1.29, 1.82) is 0 Å². The van der Waals surface area contributed by atoms with E-state index in [1.165, 1.54) is 0 Å². The minimum Gasteiger partial charge on any atom is -0.378 e. The van der Waals surface area contributed by atoms with Crippen LogP contribution in [0.3, 0.4) is 0 Å². The van der Waals surface area contributed by atoms with Crippen molar-refractivity contribution in [3.05, 3.63) is 18.2 Å². The summed E-state index contributed by atoms with van der Waals surface area (Å²) in [6.45, 7) is 0. The SMILES string of the molecule is O[C@@H](c1cnc[nH]1)C(F)(F)F. The minimum atomic E-state index is -4.63. The zero-order valence-electron chi connectivity index (χ0n) is 5.26. The molecule has 1 aromatic rings. The molecule has 0 aliphatic carbocycles. The molecule has 1 heterocycles. The first-order chi connectivity index (χ1) is 5.02. The van der Waals surface area contributed by atoms with Crippen LogP contribution in [0.5, 0.6) is 0 Å². The fraction of sp³-hybridized carbons (Fsp3) is 0.400. The van der Waals surface area contributed by atoms with Crippen LogP contribution in [0.25, 0.3) is 0 Å². The molecule has 0 saturated heterocycles. The van der Waals surface area contributed by atoms with E-state index in [1.807, 2.05) is 0 Å². The summed E-state index contributed by atoms with van der Waals surface area (Å²) < 4.78 is 35.1. The summed E-state index contributed by atoms with van der Waals surface area (Å²) in [5.41, 5.74) is -0.350. The predicted molar refractivity (Wildman–Crippen MR) is 29.6 cm³/mol. The van der Waals surface area contributed by atoms with Crippen LogP contribution in [0.2, 0.25) is 0 Å². The van der Waals surface area contributed by atoms with Gasteiger partial charge in [-0.2, -0.15) is 13.2 Å². The van der Waals surface area contributed by atoms with Crippen molar-refractivity contribution >= 4 is 0 Å². The zero-order valence-corrected chi connectivity index (χ0v) is 5.26. The fourth-order valence-electron chi connectivity index (χ4n) is 0.592. The fourth-order valence-corrected chi connectivity index (χ4v) is 0.592. The Hall–Kier alpha value is -1.04. The first-order valence-electron chi connectivity index (χ1n) is 2.75. The Bertz CT molecular complexity index is 218. The lowest BCUT2D eigenvalue weighted by Crippen LogP contribution is -2.20. The van der Waals surface area contributed by atoms with Gasteiger partial charge in [0, 0.05) is 0 Å². The highest BCUT2D eigenvalue weighted by Gasteiger charge is 2.40. The van der Waals surface area contributed by atoms with Crippen LogP contribution >= 0.6 is 0 Å². The summed E-state index contributed by atoms with van der Waals surface area (Å²) >= 11 is 0. The van der Waals surface area contributed by atoms with Gasteiger partial charge in [-0.3, -0.25) is 0 Å². The summed E-state index contributed by atoms with van der Waals surface area (Å²) in [5, 5.41) is 8.55. The van der Waals surface area contributed by atoms with Gasteiger partial charge < -0.3 is 10.1 Å². The molecule has 62 valence electrons. The molecular formula is C5H5F3N2O. The van der Waals surface area contributed by atoms with Crippen molar-refractivity contribution in [1.82, 2.24) is 9.97 Å². The Kier molecular flexibility index (Phi) is 1.86. The molecule has 0 saturated carbocycles. The molecule has 0 fully saturated rings. The molecule has 1 atom stereocenters. The molecule has 0 radical (unpaired) electrons. The number of hydrogen-bond donors (Lipinski definition) is 2. The quantitative estimate of drug-likeness (QED) is 0.653. The lowest BCUT2D eigenvalue weighted by molar-refractivity contribution is -0.207. The standard InChI is InChI=1S/C5H5F3N2O/c6-5(7,8)4(11)3-1-9-2-10-3/h1-2,4,11H,(H,9,10)/t4-/m0/s1. The summed E-state index contributed by atoms with van der Waals surface area (Å²) in [6, 6.07) is 0. The van der Waals surface area contributed by atoms with Crippen LogP contribution in [0.4, 0.5) is 13.2 Å². The van der Waals surface area contributed by atoms with E-state index in [0.29, 0.717) is 0 Å². The third-order valence-corrected chi connectivity index (χ3v) is 1.12. The number of hydrogen-bond acceptors (Lipinski definition) is 2. The Morgan fingerprint density at radius 1 is 1.55 bits per heavy atom. The number of aliphatic hydroxyl groups is 1. The first-order valence-corrected chi connectivity index (χ1v) is 2.75. The smallest absolute Gasteiger partial charge is 0.378 e. The second kappa shape index (κ2) is 2.54. The van der Waals surface area contributed by atoms with E-state index >= 15 is 0 Å². The number of aromatic amines is 1. The lowest BCUT2D eigenvalue weighted by atomic mass is 10.3. The highest BCUT2D eigenvalue weighted by atomic mass is 19.4. The van der Waals surface area contributed by atoms with Crippen molar-refractivity contribution in [2.24, 2.45) is 0 Å². The Morgan fingerprint density at radius 3 is 2.55 bits per heavy atom. The van der Waals surface area contributed by atoms with E-state index in [2.05, 4.69) is 9.97 Å². The number of alkyl halides is 3. The lowest BCUT2D eigenvalue weighted by Gasteiger charge is -2.11. The molecule has 0 aliphatic heterocycles. The average Bonchev–Trinajstić information content (AvgIpc) is 2.34. The zero-order chi connectivity index (χ0) is 8.48. The molecule has 2 N–H and O–H groups in total. The van der Waals surface area contributed by atoms with Crippen LogP contribution < -0.4 is 0 Å². The van der Waals surface area contributed by atoms with Crippen molar-refractivity contribution < 1.29 is 18.3 Å². The number of nitrogens with zero attached hydrogens (tertiary/aromatic N) is 1. The summed E-state index contributed by atoms with van der Waals surface area (Å²) in [4.78, 5) is 5.50. The molecular weight excluding hydrogens is 161 g/mol. The van der Waals surface area contributed by atoms with Crippen molar-refractivity contribution in [2.45, 2.75) is 12.3 Å². The van der Waals surface area contributed by atoms with E-state index in [0.717, 1.165) is 12.5 Å². The molecule has 0 aromatic carbocycles. The molecule has 0 amide bonds. The summed E-state index contributed by atoms with van der Waals surface area (Å²) in [6.07, 6.45) is -5.10. The van der Waals surface area contributed by atoms with Gasteiger partial charge in [-0.25, -0.2) is 4.98 Å². The second-order valence-corrected chi connectivity index (χ2v) is 1.95. The van der Waals surface area contributed by atoms with Crippen LogP contribution in [-0.2, 0) is 0 Å². The van der Waals surface area contributed by atoms with Crippen LogP contribution in [-0.4, -0.2) is 21.3 Å². The third kappa shape index (κ3) is 1.70. The van der Waals surface area contributed by atoms with E-state index in [-0.39, 0.29) is 5.69 Å². The number of aliphatic hydroxyl groups excluding tert-OH is 1. The molecule has 0 aliphatic rings. The van der Waals surface area contributed by atoms with Crippen molar-refractivity contribution in [3.63, 3.8) is 0 Å². The number of aromatic nitrogens is 2. The van der Waals surface area contributed by atoms with Gasteiger partial charge in [0.2, 0.25) is 0 Å². The monoisotopic (exact) mass is 166 g/mol. The molecule has 0 unspecified atom stereocenters. The summed E-state index contributed by atoms with van der Waals surface area (Å²) in [5.74, 6) is 0. The van der Waals surface area contributed by atoms with E-state index in [1.54, 1.807) is 0 Å². The number of halogens is 3. The van der Waals surface area contributed by atoms with Gasteiger partial charge in [0.1, 0.15) is 0 Å². The predicted octanol–water partition coefficient (Wildman–Crippen LogP) is 1.01. The van der Waals surface area contributed by atoms with E-state index < -0.39 is 12.3 Å². The van der Waals surface area contributed by atoms with Gasteiger partial charge in [-0.05, 0) is 0 Å². The Balaban J connectivity index is 2.78. The highest BCUT2D eigenvalue weighted by Crippen LogP contribution is 2.30. The van der Waals surface area contributed by atoms with Crippen LogP contribution in [0.1, 0.15) is 11.8 Å². The highest BCUT2D eigenvalue weighted by molar-refractivity contribution is 5.01. The molecule has 3 nitrogen and oxygen atoms in total. The number of H-pyrrole nitrogens is 1.